The van der Waals surface area contributed by atoms with Crippen molar-refractivity contribution < 1.29 is 40.2 Å². The van der Waals surface area contributed by atoms with Crippen LogP contribution in [0.1, 0.15) is 5.56 Å². The first-order chi connectivity index (χ1) is 15.4. The van der Waals surface area contributed by atoms with E-state index in [1.54, 1.807) is 0 Å². The van der Waals surface area contributed by atoms with E-state index >= 15 is 0 Å². The van der Waals surface area contributed by atoms with Gasteiger partial charge < -0.3 is 14.2 Å². The summed E-state index contributed by atoms with van der Waals surface area (Å²) in [4.78, 5) is 3.81. The number of sulfonamides is 1. The van der Waals surface area contributed by atoms with Crippen LogP contribution >= 0.6 is 11.6 Å². The Kier molecular flexibility index (Phi) is 5.90. The molecule has 2 fully saturated rings. The van der Waals surface area contributed by atoms with Crippen LogP contribution in [0.5, 0.6) is 11.5 Å². The van der Waals surface area contributed by atoms with Crippen LogP contribution in [0, 0.1) is 17.1 Å². The molecule has 2 aliphatic heterocycles. The third kappa shape index (κ3) is 4.84. The molecule has 3 heterocycles. The van der Waals surface area contributed by atoms with Gasteiger partial charge in [0.2, 0.25) is 0 Å². The van der Waals surface area contributed by atoms with Gasteiger partial charge in [-0.1, -0.05) is 11.6 Å². The molecule has 1 spiro atoms. The number of aromatic nitrogens is 1. The number of alkyl halides is 3. The van der Waals surface area contributed by atoms with E-state index in [0.717, 1.165) is 16.4 Å². The van der Waals surface area contributed by atoms with Crippen LogP contribution in [0.4, 0.5) is 17.6 Å². The molecule has 2 aromatic rings. The van der Waals surface area contributed by atoms with Crippen molar-refractivity contribution in [2.75, 3.05) is 26.3 Å². The molecule has 0 radical (unpaired) electrons. The van der Waals surface area contributed by atoms with Crippen LogP contribution in [-0.4, -0.2) is 61.9 Å². The molecule has 0 unspecified atom stereocenters. The molecule has 2 saturated heterocycles. The van der Waals surface area contributed by atoms with Crippen LogP contribution in [0.15, 0.2) is 35.5 Å². The quantitative estimate of drug-likeness (QED) is 0.437. The minimum Gasteiger partial charge on any atom is -0.482 e. The fourth-order valence-corrected chi connectivity index (χ4v) is 4.82. The molecular weight excluding hydrogens is 494 g/mol. The highest BCUT2D eigenvalue weighted by Gasteiger charge is 2.61. The molecule has 0 bridgehead atoms. The summed E-state index contributed by atoms with van der Waals surface area (Å²) in [6.45, 7) is -1.93. The summed E-state index contributed by atoms with van der Waals surface area (Å²) < 4.78 is 94.8. The molecule has 0 amide bonds. The number of ether oxygens (including phenoxy) is 3. The standard InChI is InChI=1S/C19H14ClF4N3O5S/c20-12-1-2-17(26-6-12)33(28,29)27-7-16(18(8-27)9-31-18)32-15-4-13(21)11(5-25)3-14(15)30-10-19(22,23)24/h1-4,6,16H,7-10H2/t16-,18-/m0/s1. The van der Waals surface area contributed by atoms with E-state index in [-0.39, 0.29) is 29.7 Å². The monoisotopic (exact) mass is 507 g/mol. The maximum absolute atomic E-state index is 14.2. The second-order valence-corrected chi connectivity index (χ2v) is 9.69. The molecular formula is C19H14ClF4N3O5S. The first kappa shape index (κ1) is 23.5. The van der Waals surface area contributed by atoms with Crippen LogP contribution < -0.4 is 9.47 Å². The van der Waals surface area contributed by atoms with E-state index in [0.29, 0.717) is 0 Å². The second kappa shape index (κ2) is 8.28. The lowest BCUT2D eigenvalue weighted by atomic mass is 10.1. The van der Waals surface area contributed by atoms with Crippen LogP contribution in [-0.2, 0) is 14.8 Å². The Morgan fingerprint density at radius 2 is 2.06 bits per heavy atom. The number of hydrogen-bond donors (Lipinski definition) is 0. The molecule has 1 aromatic carbocycles. The van der Waals surface area contributed by atoms with Gasteiger partial charge in [-0.05, 0) is 12.1 Å². The Morgan fingerprint density at radius 1 is 1.33 bits per heavy atom. The van der Waals surface area contributed by atoms with E-state index < -0.39 is 57.4 Å². The van der Waals surface area contributed by atoms with Crippen molar-refractivity contribution in [2.24, 2.45) is 0 Å². The normalized spacial score (nSPS) is 22.8. The van der Waals surface area contributed by atoms with Crippen molar-refractivity contribution in [1.82, 2.24) is 9.29 Å². The fourth-order valence-electron chi connectivity index (χ4n) is 3.30. The number of hydrogen-bond acceptors (Lipinski definition) is 7. The molecule has 0 saturated carbocycles. The first-order valence-corrected chi connectivity index (χ1v) is 11.1. The predicted octanol–water partition coefficient (Wildman–Crippen LogP) is 2.91. The van der Waals surface area contributed by atoms with Crippen molar-refractivity contribution in [2.45, 2.75) is 22.9 Å². The molecule has 0 aliphatic carbocycles. The van der Waals surface area contributed by atoms with E-state index in [1.165, 1.54) is 24.4 Å². The van der Waals surface area contributed by atoms with Gasteiger partial charge >= 0.3 is 6.18 Å². The highest BCUT2D eigenvalue weighted by molar-refractivity contribution is 7.89. The highest BCUT2D eigenvalue weighted by atomic mass is 35.5. The molecule has 4 rings (SSSR count). The van der Waals surface area contributed by atoms with Crippen molar-refractivity contribution in [3.05, 3.63) is 46.9 Å². The Balaban J connectivity index is 1.60. The van der Waals surface area contributed by atoms with Gasteiger partial charge in [0.25, 0.3) is 10.0 Å². The Labute approximate surface area is 190 Å². The van der Waals surface area contributed by atoms with E-state index in [2.05, 4.69) is 4.98 Å². The minimum absolute atomic E-state index is 0.109. The van der Waals surface area contributed by atoms with Crippen molar-refractivity contribution in [3.63, 3.8) is 0 Å². The summed E-state index contributed by atoms with van der Waals surface area (Å²) in [5.74, 6) is -1.97. The highest BCUT2D eigenvalue weighted by Crippen LogP contribution is 2.43. The number of nitrogens with zero attached hydrogens (tertiary/aromatic N) is 3. The third-order valence-corrected chi connectivity index (χ3v) is 6.99. The van der Waals surface area contributed by atoms with Gasteiger partial charge in [-0.3, -0.25) is 0 Å². The zero-order valence-electron chi connectivity index (χ0n) is 16.5. The van der Waals surface area contributed by atoms with Gasteiger partial charge in [0.1, 0.15) is 23.6 Å². The van der Waals surface area contributed by atoms with Crippen molar-refractivity contribution in [1.29, 1.82) is 5.26 Å². The van der Waals surface area contributed by atoms with E-state index in [9.17, 15) is 26.0 Å². The van der Waals surface area contributed by atoms with E-state index in [1.807, 2.05) is 0 Å². The number of halogens is 5. The SMILES string of the molecule is N#Cc1cc(OCC(F)(F)F)c(O[C@H]2CN(S(=O)(=O)c3ccc(Cl)cn3)C[C@]23CO3)cc1F. The lowest BCUT2D eigenvalue weighted by Crippen LogP contribution is -2.33. The van der Waals surface area contributed by atoms with Crippen molar-refractivity contribution >= 4 is 21.6 Å². The smallest absolute Gasteiger partial charge is 0.422 e. The van der Waals surface area contributed by atoms with Gasteiger partial charge in [-0.25, -0.2) is 17.8 Å². The summed E-state index contributed by atoms with van der Waals surface area (Å²) in [6.07, 6.45) is -4.51. The predicted molar refractivity (Wildman–Crippen MR) is 104 cm³/mol. The van der Waals surface area contributed by atoms with Gasteiger partial charge in [0.15, 0.2) is 23.1 Å². The maximum Gasteiger partial charge on any atom is 0.422 e. The summed E-state index contributed by atoms with van der Waals surface area (Å²) in [5, 5.41) is 8.95. The average Bonchev–Trinajstić information content (AvgIpc) is 3.42. The molecule has 2 aliphatic rings. The van der Waals surface area contributed by atoms with Crippen LogP contribution in [0.3, 0.4) is 0 Å². The van der Waals surface area contributed by atoms with Crippen molar-refractivity contribution in [3.8, 4) is 17.6 Å². The van der Waals surface area contributed by atoms with Crippen LogP contribution in [0.25, 0.3) is 0 Å². The first-order valence-electron chi connectivity index (χ1n) is 9.29. The average molecular weight is 508 g/mol. The van der Waals surface area contributed by atoms with Crippen LogP contribution in [0.2, 0.25) is 5.02 Å². The minimum atomic E-state index is -4.69. The lowest BCUT2D eigenvalue weighted by molar-refractivity contribution is -0.153. The summed E-state index contributed by atoms with van der Waals surface area (Å²) in [6, 6.07) is 5.61. The Hall–Kier alpha value is -2.66. The topological polar surface area (TPSA) is 105 Å². The number of nitriles is 1. The molecule has 2 atom stereocenters. The molecule has 1 aromatic heterocycles. The Bertz CT molecular complexity index is 1210. The molecule has 33 heavy (non-hydrogen) atoms. The number of epoxide rings is 1. The van der Waals surface area contributed by atoms with Gasteiger partial charge in [-0.15, -0.1) is 0 Å². The van der Waals surface area contributed by atoms with Gasteiger partial charge in [0.05, 0.1) is 23.7 Å². The zero-order chi connectivity index (χ0) is 24.0. The second-order valence-electron chi connectivity index (χ2n) is 7.37. The van der Waals surface area contributed by atoms with E-state index in [4.69, 9.17) is 31.1 Å². The third-order valence-electron chi connectivity index (χ3n) is 5.03. The Morgan fingerprint density at radius 3 is 2.64 bits per heavy atom. The zero-order valence-corrected chi connectivity index (χ0v) is 18.0. The lowest BCUT2D eigenvalue weighted by Gasteiger charge is -2.20. The summed E-state index contributed by atoms with van der Waals surface area (Å²) in [5.41, 5.74) is -1.60. The molecule has 8 nitrogen and oxygen atoms in total. The number of pyridine rings is 1. The molecule has 176 valence electrons. The maximum atomic E-state index is 14.2. The largest absolute Gasteiger partial charge is 0.482 e. The van der Waals surface area contributed by atoms with Gasteiger partial charge in [-0.2, -0.15) is 22.7 Å². The van der Waals surface area contributed by atoms with Gasteiger partial charge in [0, 0.05) is 24.9 Å². The number of benzene rings is 1. The fraction of sp³-hybridized carbons (Fsp3) is 0.368. The summed E-state index contributed by atoms with van der Waals surface area (Å²) in [7, 11) is -4.06. The molecule has 0 N–H and O–H groups in total. The number of rotatable bonds is 6. The summed E-state index contributed by atoms with van der Waals surface area (Å²) >= 11 is 5.75. The molecule has 14 heteroatoms.